The van der Waals surface area contributed by atoms with Gasteiger partial charge in [-0.15, -0.1) is 0 Å². The molecule has 2 bridgehead atoms. The number of rotatable bonds is 3. The maximum absolute atomic E-state index is 2.81. The zero-order chi connectivity index (χ0) is 19.3. The number of likely N-dealkylation sites (tertiary alicyclic amines) is 1. The lowest BCUT2D eigenvalue weighted by atomic mass is 9.43. The van der Waals surface area contributed by atoms with Gasteiger partial charge in [0.1, 0.15) is 0 Å². The minimum Gasteiger partial charge on any atom is -0.302 e. The molecule has 1 saturated heterocycles. The third-order valence-corrected chi connectivity index (χ3v) is 7.95. The van der Waals surface area contributed by atoms with Crippen molar-refractivity contribution in [1.29, 1.82) is 0 Å². The minimum atomic E-state index is 0.427. The molecule has 0 spiro atoms. The van der Waals surface area contributed by atoms with E-state index in [-0.39, 0.29) is 0 Å². The molecule has 1 nitrogen and oxygen atoms in total. The maximum atomic E-state index is 2.81. The fourth-order valence-corrected chi connectivity index (χ4v) is 7.93. The van der Waals surface area contributed by atoms with Crippen LogP contribution in [-0.2, 0) is 5.41 Å². The van der Waals surface area contributed by atoms with E-state index in [4.69, 9.17) is 0 Å². The van der Waals surface area contributed by atoms with Gasteiger partial charge >= 0.3 is 0 Å². The van der Waals surface area contributed by atoms with Gasteiger partial charge in [-0.1, -0.05) is 65.0 Å². The van der Waals surface area contributed by atoms with Crippen molar-refractivity contribution in [2.45, 2.75) is 85.0 Å². The Kier molecular flexibility index (Phi) is 4.78. The maximum Gasteiger partial charge on any atom is 0.00360 e. The Morgan fingerprint density at radius 1 is 0.963 bits per heavy atom. The molecule has 4 aliphatic rings. The Bertz CT molecular complexity index is 654. The average Bonchev–Trinajstić information content (AvgIpc) is 2.51. The molecule has 1 heteroatoms. The van der Waals surface area contributed by atoms with Crippen LogP contribution in [0.25, 0.3) is 0 Å². The molecule has 2 unspecified atom stereocenters. The number of nitrogens with zero attached hydrogens (tertiary/aromatic N) is 1. The van der Waals surface area contributed by atoms with Crippen molar-refractivity contribution in [2.75, 3.05) is 19.6 Å². The number of fused-ring (bicyclic) bond motifs is 4. The first kappa shape index (κ1) is 19.5. The van der Waals surface area contributed by atoms with Crippen LogP contribution < -0.4 is 0 Å². The third kappa shape index (κ3) is 4.00. The van der Waals surface area contributed by atoms with E-state index in [0.29, 0.717) is 21.7 Å². The minimum absolute atomic E-state index is 0.427. The summed E-state index contributed by atoms with van der Waals surface area (Å²) in [6, 6.07) is 11.5. The van der Waals surface area contributed by atoms with E-state index < -0.39 is 0 Å². The predicted octanol–water partition coefficient (Wildman–Crippen LogP) is 6.67. The Labute approximate surface area is 167 Å². The van der Waals surface area contributed by atoms with E-state index in [9.17, 15) is 0 Å². The third-order valence-electron chi connectivity index (χ3n) is 7.95. The van der Waals surface area contributed by atoms with Crippen LogP contribution in [0.15, 0.2) is 30.3 Å². The van der Waals surface area contributed by atoms with Crippen molar-refractivity contribution in [3.05, 3.63) is 35.9 Å². The zero-order valence-electron chi connectivity index (χ0n) is 18.5. The number of benzene rings is 1. The van der Waals surface area contributed by atoms with Gasteiger partial charge < -0.3 is 4.90 Å². The molecule has 3 saturated carbocycles. The SMILES string of the molecule is CC1CC(C)(CN2CCCC(C)(C)C2)C[C@]2(c3ccccc3)C[C@@](C)(C1)C2. The van der Waals surface area contributed by atoms with Crippen LogP contribution >= 0.6 is 0 Å². The van der Waals surface area contributed by atoms with Crippen molar-refractivity contribution in [2.24, 2.45) is 22.2 Å². The van der Waals surface area contributed by atoms with Gasteiger partial charge in [-0.2, -0.15) is 0 Å². The van der Waals surface area contributed by atoms with Gasteiger partial charge in [0, 0.05) is 13.1 Å². The van der Waals surface area contributed by atoms with Crippen molar-refractivity contribution in [1.82, 2.24) is 4.90 Å². The summed E-state index contributed by atoms with van der Waals surface area (Å²) in [4.78, 5) is 2.81. The monoisotopic (exact) mass is 367 g/mol. The summed E-state index contributed by atoms with van der Waals surface area (Å²) in [6.45, 7) is 16.5. The molecule has 1 aromatic carbocycles. The standard InChI is InChI=1S/C26H41N/c1-21-14-24(4)16-26(17-24,22-10-7-6-8-11-22)18-25(5,15-21)20-27-13-9-12-23(2,3)19-27/h6-8,10-11,21H,9,12-20H2,1-5H3/t21?,24-,25?,26+. The van der Waals surface area contributed by atoms with E-state index in [1.54, 1.807) is 5.56 Å². The summed E-state index contributed by atoms with van der Waals surface area (Å²) in [7, 11) is 0. The van der Waals surface area contributed by atoms with Gasteiger partial charge in [0.2, 0.25) is 0 Å². The molecule has 3 aliphatic carbocycles. The summed E-state index contributed by atoms with van der Waals surface area (Å²) < 4.78 is 0. The highest BCUT2D eigenvalue weighted by Gasteiger charge is 2.57. The Morgan fingerprint density at radius 3 is 2.33 bits per heavy atom. The van der Waals surface area contributed by atoms with Crippen LogP contribution in [0.4, 0.5) is 0 Å². The van der Waals surface area contributed by atoms with Gasteiger partial charge in [0.05, 0.1) is 0 Å². The van der Waals surface area contributed by atoms with Crippen molar-refractivity contribution in [3.63, 3.8) is 0 Å². The Morgan fingerprint density at radius 2 is 1.67 bits per heavy atom. The molecule has 1 aromatic rings. The lowest BCUT2D eigenvalue weighted by molar-refractivity contribution is -0.0594. The molecule has 2 atom stereocenters. The van der Waals surface area contributed by atoms with E-state index in [2.05, 4.69) is 69.9 Å². The molecular weight excluding hydrogens is 326 g/mol. The first-order valence-corrected chi connectivity index (χ1v) is 11.4. The van der Waals surface area contributed by atoms with Crippen molar-refractivity contribution < 1.29 is 0 Å². The first-order chi connectivity index (χ1) is 12.6. The van der Waals surface area contributed by atoms with Gasteiger partial charge in [-0.05, 0) is 84.6 Å². The molecule has 1 aliphatic heterocycles. The summed E-state index contributed by atoms with van der Waals surface area (Å²) >= 11 is 0. The van der Waals surface area contributed by atoms with Crippen molar-refractivity contribution in [3.8, 4) is 0 Å². The summed E-state index contributed by atoms with van der Waals surface area (Å²) in [6.07, 6.45) is 9.76. The lowest BCUT2D eigenvalue weighted by Gasteiger charge is -2.62. The molecular formula is C26H41N. The summed E-state index contributed by atoms with van der Waals surface area (Å²) in [5, 5.41) is 0. The Balaban J connectivity index is 1.59. The van der Waals surface area contributed by atoms with Crippen LogP contribution in [0.5, 0.6) is 0 Å². The van der Waals surface area contributed by atoms with Crippen LogP contribution in [0, 0.1) is 22.2 Å². The summed E-state index contributed by atoms with van der Waals surface area (Å²) in [5.41, 5.74) is 3.54. The van der Waals surface area contributed by atoms with Crippen LogP contribution in [0.1, 0.15) is 85.1 Å². The largest absolute Gasteiger partial charge is 0.302 e. The highest BCUT2D eigenvalue weighted by atomic mass is 15.1. The second-order valence-corrected chi connectivity index (χ2v) is 12.3. The van der Waals surface area contributed by atoms with Crippen LogP contribution in [-0.4, -0.2) is 24.5 Å². The normalized spacial score (nSPS) is 42.0. The fraction of sp³-hybridized carbons (Fsp3) is 0.769. The van der Waals surface area contributed by atoms with E-state index in [0.717, 1.165) is 5.92 Å². The highest BCUT2D eigenvalue weighted by molar-refractivity contribution is 5.31. The van der Waals surface area contributed by atoms with Crippen LogP contribution in [0.3, 0.4) is 0 Å². The van der Waals surface area contributed by atoms with Gasteiger partial charge in [-0.25, -0.2) is 0 Å². The van der Waals surface area contributed by atoms with Gasteiger partial charge in [-0.3, -0.25) is 0 Å². The van der Waals surface area contributed by atoms with Crippen molar-refractivity contribution >= 4 is 0 Å². The predicted molar refractivity (Wildman–Crippen MR) is 116 cm³/mol. The van der Waals surface area contributed by atoms with E-state index in [1.165, 1.54) is 64.6 Å². The second kappa shape index (κ2) is 6.61. The number of piperidine rings is 1. The second-order valence-electron chi connectivity index (χ2n) is 12.3. The van der Waals surface area contributed by atoms with E-state index >= 15 is 0 Å². The molecule has 4 fully saturated rings. The quantitative estimate of drug-likeness (QED) is 0.576. The van der Waals surface area contributed by atoms with Crippen LogP contribution in [0.2, 0.25) is 0 Å². The van der Waals surface area contributed by atoms with E-state index in [1.807, 2.05) is 0 Å². The zero-order valence-corrected chi connectivity index (χ0v) is 18.5. The molecule has 0 N–H and O–H groups in total. The Hall–Kier alpha value is -0.820. The fourth-order valence-electron chi connectivity index (χ4n) is 7.93. The first-order valence-electron chi connectivity index (χ1n) is 11.4. The molecule has 150 valence electrons. The summed E-state index contributed by atoms with van der Waals surface area (Å²) in [5.74, 6) is 0.854. The molecule has 5 rings (SSSR count). The topological polar surface area (TPSA) is 3.24 Å². The van der Waals surface area contributed by atoms with Gasteiger partial charge in [0.25, 0.3) is 0 Å². The molecule has 0 amide bonds. The number of hydrogen-bond donors (Lipinski definition) is 0. The van der Waals surface area contributed by atoms with Gasteiger partial charge in [0.15, 0.2) is 0 Å². The smallest absolute Gasteiger partial charge is 0.00360 e. The molecule has 0 aromatic heterocycles. The average molecular weight is 368 g/mol. The molecule has 27 heavy (non-hydrogen) atoms. The highest BCUT2D eigenvalue weighted by Crippen LogP contribution is 2.65. The molecule has 1 heterocycles. The lowest BCUT2D eigenvalue weighted by Crippen LogP contribution is -2.55. The molecule has 0 radical (unpaired) electrons. The number of hydrogen-bond acceptors (Lipinski definition) is 1.